The summed E-state index contributed by atoms with van der Waals surface area (Å²) in [6.07, 6.45) is 29.7. The Morgan fingerprint density at radius 2 is 1.41 bits per heavy atom. The molecule has 4 saturated carbocycles. The van der Waals surface area contributed by atoms with Crippen LogP contribution in [0.1, 0.15) is 146 Å². The zero-order valence-electron chi connectivity index (χ0n) is 22.5. The first kappa shape index (κ1) is 26.0. The molecule has 1 nitrogen and oxygen atoms in total. The molecule has 1 aromatic rings. The second-order valence-corrected chi connectivity index (χ2v) is 12.1. The molecular formula is C33H52O. The quantitative estimate of drug-likeness (QED) is 0.208. The SMILES string of the molecule is CCCCCC=CCOC1CCC(c2ccc(C34CCC(CCCCC)(CC3)CC4)cc2)CC1. The van der Waals surface area contributed by atoms with Crippen molar-refractivity contribution in [3.05, 3.63) is 47.5 Å². The minimum atomic E-state index is 0.469. The maximum atomic E-state index is 6.16. The molecule has 0 aromatic heterocycles. The van der Waals surface area contributed by atoms with Gasteiger partial charge < -0.3 is 4.74 Å². The van der Waals surface area contributed by atoms with Gasteiger partial charge in [0.1, 0.15) is 0 Å². The summed E-state index contributed by atoms with van der Waals surface area (Å²) in [5.41, 5.74) is 4.44. The van der Waals surface area contributed by atoms with Gasteiger partial charge in [0.25, 0.3) is 0 Å². The number of hydrogen-bond acceptors (Lipinski definition) is 1. The summed E-state index contributed by atoms with van der Waals surface area (Å²) in [7, 11) is 0. The van der Waals surface area contributed by atoms with Crippen molar-refractivity contribution in [2.75, 3.05) is 6.61 Å². The van der Waals surface area contributed by atoms with Crippen LogP contribution in [0.2, 0.25) is 0 Å². The zero-order chi connectivity index (χ0) is 23.7. The maximum Gasteiger partial charge on any atom is 0.0651 e. The molecule has 0 radical (unpaired) electrons. The van der Waals surface area contributed by atoms with Gasteiger partial charge >= 0.3 is 0 Å². The standard InChI is InChI=1S/C33H52O/c1-3-5-7-8-9-11-27-34-31-18-14-29(15-19-31)28-12-16-30(17-13-28)33-24-21-32(22-25-33,23-26-33)20-10-6-4-2/h9,11-13,16-17,29,31H,3-8,10,14-15,18-27H2,1-2H3. The lowest BCUT2D eigenvalue weighted by Gasteiger charge is -2.54. The third-order valence-corrected chi connectivity index (χ3v) is 9.95. The summed E-state index contributed by atoms with van der Waals surface area (Å²) in [5.74, 6) is 0.736. The summed E-state index contributed by atoms with van der Waals surface area (Å²) in [6, 6.07) is 10.0. The van der Waals surface area contributed by atoms with Crippen LogP contribution in [0.4, 0.5) is 0 Å². The second kappa shape index (κ2) is 12.8. The summed E-state index contributed by atoms with van der Waals surface area (Å²) in [6.45, 7) is 5.40. The summed E-state index contributed by atoms with van der Waals surface area (Å²) >= 11 is 0. The van der Waals surface area contributed by atoms with Crippen LogP contribution in [-0.4, -0.2) is 12.7 Å². The number of ether oxygens (including phenoxy) is 1. The molecule has 1 heteroatoms. The largest absolute Gasteiger partial charge is 0.374 e. The van der Waals surface area contributed by atoms with Gasteiger partial charge in [0.2, 0.25) is 0 Å². The fraction of sp³-hybridized carbons (Fsp3) is 0.758. The third-order valence-electron chi connectivity index (χ3n) is 9.95. The Bertz CT molecular complexity index is 712. The highest BCUT2D eigenvalue weighted by Gasteiger charge is 2.48. The van der Waals surface area contributed by atoms with E-state index in [0.717, 1.165) is 12.5 Å². The van der Waals surface area contributed by atoms with Crippen LogP contribution in [-0.2, 0) is 10.2 Å². The summed E-state index contributed by atoms with van der Waals surface area (Å²) in [5, 5.41) is 0. The molecule has 5 rings (SSSR count). The van der Waals surface area contributed by atoms with Crippen molar-refractivity contribution in [1.82, 2.24) is 0 Å². The molecule has 0 spiro atoms. The average molecular weight is 465 g/mol. The van der Waals surface area contributed by atoms with E-state index in [1.807, 2.05) is 0 Å². The minimum absolute atomic E-state index is 0.469. The molecule has 0 atom stereocenters. The van der Waals surface area contributed by atoms with Crippen molar-refractivity contribution in [2.24, 2.45) is 5.41 Å². The van der Waals surface area contributed by atoms with E-state index in [4.69, 9.17) is 4.74 Å². The minimum Gasteiger partial charge on any atom is -0.374 e. The van der Waals surface area contributed by atoms with Crippen molar-refractivity contribution in [3.8, 4) is 0 Å². The van der Waals surface area contributed by atoms with Crippen LogP contribution >= 0.6 is 0 Å². The molecule has 0 heterocycles. The molecular weight excluding hydrogens is 412 g/mol. The number of benzene rings is 1. The predicted octanol–water partition coefficient (Wildman–Crippen LogP) is 10.0. The van der Waals surface area contributed by atoms with Gasteiger partial charge in [0.15, 0.2) is 0 Å². The van der Waals surface area contributed by atoms with Crippen molar-refractivity contribution >= 4 is 0 Å². The molecule has 2 bridgehead atoms. The highest BCUT2D eigenvalue weighted by Crippen LogP contribution is 2.59. The Labute approximate surface area is 211 Å². The fourth-order valence-corrected chi connectivity index (χ4v) is 7.38. The second-order valence-electron chi connectivity index (χ2n) is 12.1. The van der Waals surface area contributed by atoms with E-state index in [1.54, 1.807) is 11.1 Å². The number of hydrogen-bond donors (Lipinski definition) is 0. The molecule has 0 saturated heterocycles. The van der Waals surface area contributed by atoms with E-state index >= 15 is 0 Å². The molecule has 4 aliphatic carbocycles. The summed E-state index contributed by atoms with van der Waals surface area (Å²) in [4.78, 5) is 0. The van der Waals surface area contributed by atoms with Gasteiger partial charge in [-0.1, -0.05) is 82.4 Å². The van der Waals surface area contributed by atoms with Crippen LogP contribution in [0.25, 0.3) is 0 Å². The van der Waals surface area contributed by atoms with Crippen molar-refractivity contribution in [2.45, 2.75) is 147 Å². The van der Waals surface area contributed by atoms with E-state index < -0.39 is 0 Å². The van der Waals surface area contributed by atoms with Gasteiger partial charge in [-0.2, -0.15) is 0 Å². The monoisotopic (exact) mass is 464 g/mol. The van der Waals surface area contributed by atoms with Crippen LogP contribution in [0.3, 0.4) is 0 Å². The molecule has 34 heavy (non-hydrogen) atoms. The van der Waals surface area contributed by atoms with Gasteiger partial charge in [0.05, 0.1) is 12.7 Å². The molecule has 0 amide bonds. The number of fused-ring (bicyclic) bond motifs is 3. The Kier molecular flexibility index (Phi) is 9.75. The molecule has 0 aliphatic heterocycles. The van der Waals surface area contributed by atoms with E-state index in [2.05, 4.69) is 50.3 Å². The molecule has 1 aromatic carbocycles. The Morgan fingerprint density at radius 1 is 0.765 bits per heavy atom. The molecule has 4 aliphatic rings. The first-order chi connectivity index (χ1) is 16.7. The fourth-order valence-electron chi connectivity index (χ4n) is 7.38. The lowest BCUT2D eigenvalue weighted by molar-refractivity contribution is 0.0305. The highest BCUT2D eigenvalue weighted by atomic mass is 16.5. The van der Waals surface area contributed by atoms with Gasteiger partial charge in [0, 0.05) is 0 Å². The van der Waals surface area contributed by atoms with Crippen LogP contribution < -0.4 is 0 Å². The van der Waals surface area contributed by atoms with E-state index in [0.29, 0.717) is 16.9 Å². The first-order valence-electron chi connectivity index (χ1n) is 15.1. The maximum absolute atomic E-state index is 6.16. The summed E-state index contributed by atoms with van der Waals surface area (Å²) < 4.78 is 6.16. The smallest absolute Gasteiger partial charge is 0.0651 e. The highest BCUT2D eigenvalue weighted by molar-refractivity contribution is 5.33. The van der Waals surface area contributed by atoms with Gasteiger partial charge in [-0.05, 0) is 111 Å². The van der Waals surface area contributed by atoms with E-state index in [-0.39, 0.29) is 0 Å². The molecule has 0 N–H and O–H groups in total. The van der Waals surface area contributed by atoms with Crippen molar-refractivity contribution in [1.29, 1.82) is 0 Å². The Hall–Kier alpha value is -1.08. The number of unbranched alkanes of at least 4 members (excludes halogenated alkanes) is 5. The van der Waals surface area contributed by atoms with E-state index in [9.17, 15) is 0 Å². The van der Waals surface area contributed by atoms with Crippen molar-refractivity contribution in [3.63, 3.8) is 0 Å². The third kappa shape index (κ3) is 6.57. The van der Waals surface area contributed by atoms with E-state index in [1.165, 1.54) is 116 Å². The lowest BCUT2D eigenvalue weighted by atomic mass is 9.51. The average Bonchev–Trinajstić information content (AvgIpc) is 2.90. The van der Waals surface area contributed by atoms with Gasteiger partial charge in [-0.15, -0.1) is 0 Å². The van der Waals surface area contributed by atoms with Gasteiger partial charge in [-0.3, -0.25) is 0 Å². The predicted molar refractivity (Wildman–Crippen MR) is 147 cm³/mol. The number of rotatable bonds is 13. The van der Waals surface area contributed by atoms with Crippen LogP contribution in [0.5, 0.6) is 0 Å². The number of allylic oxidation sites excluding steroid dienone is 1. The lowest BCUT2D eigenvalue weighted by Crippen LogP contribution is -2.44. The van der Waals surface area contributed by atoms with Crippen LogP contribution in [0.15, 0.2) is 36.4 Å². The Morgan fingerprint density at radius 3 is 2.06 bits per heavy atom. The normalized spacial score (nSPS) is 31.4. The first-order valence-corrected chi connectivity index (χ1v) is 15.1. The topological polar surface area (TPSA) is 9.23 Å². The zero-order valence-corrected chi connectivity index (χ0v) is 22.5. The van der Waals surface area contributed by atoms with Gasteiger partial charge in [-0.25, -0.2) is 0 Å². The molecule has 190 valence electrons. The van der Waals surface area contributed by atoms with Crippen molar-refractivity contribution < 1.29 is 4.74 Å². The molecule has 4 fully saturated rings. The van der Waals surface area contributed by atoms with Crippen LogP contribution in [0, 0.1) is 5.41 Å². The molecule has 0 unspecified atom stereocenters. The Balaban J connectivity index is 1.21.